The lowest BCUT2D eigenvalue weighted by Gasteiger charge is -2.18. The van der Waals surface area contributed by atoms with Gasteiger partial charge in [0.25, 0.3) is 11.8 Å². The number of aromatic amines is 1. The Hall–Kier alpha value is -2.58. The summed E-state index contributed by atoms with van der Waals surface area (Å²) < 4.78 is 5.34. The van der Waals surface area contributed by atoms with Crippen LogP contribution in [0, 0.1) is 0 Å². The molecule has 3 heterocycles. The van der Waals surface area contributed by atoms with Crippen LogP contribution in [0.5, 0.6) is 5.75 Å². The standard InChI is InChI=1S/C15H15N5O3.ClH/c21-13-7-23-12-5-8(1-2-11(12)18-13)17-15(22)14-9-6-16-4-3-10(9)19-20-14;/h1-2,5,16H,3-4,6-7H2,(H,17,22)(H,18,21)(H,19,20);1H. The number of nitrogens with zero attached hydrogens (tertiary/aromatic N) is 1. The van der Waals surface area contributed by atoms with Crippen LogP contribution in [0.3, 0.4) is 0 Å². The molecule has 24 heavy (non-hydrogen) atoms. The second-order valence-corrected chi connectivity index (χ2v) is 5.46. The van der Waals surface area contributed by atoms with Crippen molar-refractivity contribution in [2.75, 3.05) is 23.8 Å². The largest absolute Gasteiger partial charge is 0.482 e. The van der Waals surface area contributed by atoms with Gasteiger partial charge in [-0.15, -0.1) is 12.4 Å². The van der Waals surface area contributed by atoms with Crippen LogP contribution in [0.1, 0.15) is 21.7 Å². The van der Waals surface area contributed by atoms with E-state index in [1.807, 2.05) is 0 Å². The molecule has 0 bridgehead atoms. The SMILES string of the molecule is Cl.O=C1COc2cc(NC(=O)c3n[nH]c4c3CNCC4)ccc2N1. The van der Waals surface area contributed by atoms with Crippen LogP contribution in [0.25, 0.3) is 0 Å². The number of fused-ring (bicyclic) bond motifs is 2. The summed E-state index contributed by atoms with van der Waals surface area (Å²) in [5.41, 5.74) is 3.51. The van der Waals surface area contributed by atoms with Crippen molar-refractivity contribution in [1.29, 1.82) is 0 Å². The van der Waals surface area contributed by atoms with E-state index >= 15 is 0 Å². The highest BCUT2D eigenvalue weighted by Crippen LogP contribution is 2.30. The zero-order chi connectivity index (χ0) is 15.8. The van der Waals surface area contributed by atoms with Crippen LogP contribution >= 0.6 is 12.4 Å². The second-order valence-electron chi connectivity index (χ2n) is 5.46. The normalized spacial score (nSPS) is 15.2. The molecule has 0 radical (unpaired) electrons. The lowest BCUT2D eigenvalue weighted by molar-refractivity contribution is -0.118. The lowest BCUT2D eigenvalue weighted by atomic mass is 10.1. The van der Waals surface area contributed by atoms with E-state index in [-0.39, 0.29) is 30.8 Å². The fourth-order valence-corrected chi connectivity index (χ4v) is 2.76. The highest BCUT2D eigenvalue weighted by atomic mass is 35.5. The van der Waals surface area contributed by atoms with Crippen molar-refractivity contribution in [2.24, 2.45) is 0 Å². The monoisotopic (exact) mass is 349 g/mol. The average molecular weight is 350 g/mol. The summed E-state index contributed by atoms with van der Waals surface area (Å²) in [6.07, 6.45) is 0.835. The molecule has 4 N–H and O–H groups in total. The maximum Gasteiger partial charge on any atom is 0.276 e. The Morgan fingerprint density at radius 2 is 2.21 bits per heavy atom. The number of anilines is 2. The number of carbonyl (C=O) groups excluding carboxylic acids is 2. The molecule has 0 saturated carbocycles. The van der Waals surface area contributed by atoms with E-state index in [0.717, 1.165) is 24.2 Å². The number of nitrogens with one attached hydrogen (secondary N) is 4. The topological polar surface area (TPSA) is 108 Å². The molecule has 0 unspecified atom stereocenters. The molecule has 8 nitrogen and oxygen atoms in total. The van der Waals surface area contributed by atoms with Crippen molar-refractivity contribution in [1.82, 2.24) is 15.5 Å². The molecule has 9 heteroatoms. The Morgan fingerprint density at radius 1 is 1.33 bits per heavy atom. The van der Waals surface area contributed by atoms with Crippen LogP contribution in [0.4, 0.5) is 11.4 Å². The Bertz CT molecular complexity index is 804. The number of ether oxygens (including phenoxy) is 1. The average Bonchev–Trinajstić information content (AvgIpc) is 2.99. The van der Waals surface area contributed by atoms with Crippen molar-refractivity contribution in [2.45, 2.75) is 13.0 Å². The molecule has 2 amide bonds. The van der Waals surface area contributed by atoms with Gasteiger partial charge in [0.2, 0.25) is 0 Å². The molecule has 0 atom stereocenters. The third-order valence-corrected chi connectivity index (χ3v) is 3.89. The van der Waals surface area contributed by atoms with Gasteiger partial charge in [0, 0.05) is 42.5 Å². The molecule has 2 aliphatic heterocycles. The van der Waals surface area contributed by atoms with Crippen LogP contribution in [-0.4, -0.2) is 35.2 Å². The molecular formula is C15H16ClN5O3. The minimum absolute atomic E-state index is 0. The van der Waals surface area contributed by atoms with E-state index in [1.165, 1.54) is 0 Å². The molecule has 2 aliphatic rings. The van der Waals surface area contributed by atoms with Gasteiger partial charge in [0.1, 0.15) is 5.75 Å². The second kappa shape index (κ2) is 6.50. The van der Waals surface area contributed by atoms with Gasteiger partial charge >= 0.3 is 0 Å². The van der Waals surface area contributed by atoms with Gasteiger partial charge in [0.15, 0.2) is 12.3 Å². The molecule has 2 aromatic rings. The molecule has 0 fully saturated rings. The number of hydrogen-bond donors (Lipinski definition) is 4. The number of aromatic nitrogens is 2. The van der Waals surface area contributed by atoms with E-state index < -0.39 is 0 Å². The van der Waals surface area contributed by atoms with Crippen molar-refractivity contribution in [3.63, 3.8) is 0 Å². The van der Waals surface area contributed by atoms with Gasteiger partial charge in [0.05, 0.1) is 5.69 Å². The molecule has 0 saturated heterocycles. The van der Waals surface area contributed by atoms with E-state index in [4.69, 9.17) is 4.74 Å². The molecule has 1 aromatic carbocycles. The maximum absolute atomic E-state index is 12.4. The smallest absolute Gasteiger partial charge is 0.276 e. The first kappa shape index (κ1) is 16.3. The third-order valence-electron chi connectivity index (χ3n) is 3.89. The zero-order valence-corrected chi connectivity index (χ0v) is 13.5. The number of carbonyl (C=O) groups is 2. The number of amides is 2. The molecular weight excluding hydrogens is 334 g/mol. The Kier molecular flexibility index (Phi) is 4.41. The minimum atomic E-state index is -0.272. The number of H-pyrrole nitrogens is 1. The first-order valence-electron chi connectivity index (χ1n) is 7.35. The van der Waals surface area contributed by atoms with Crippen molar-refractivity contribution >= 4 is 35.6 Å². The van der Waals surface area contributed by atoms with Crippen LogP contribution in [0.15, 0.2) is 18.2 Å². The number of hydrogen-bond acceptors (Lipinski definition) is 5. The van der Waals surface area contributed by atoms with E-state index in [9.17, 15) is 9.59 Å². The summed E-state index contributed by atoms with van der Waals surface area (Å²) in [6.45, 7) is 1.49. The first-order chi connectivity index (χ1) is 11.2. The van der Waals surface area contributed by atoms with Gasteiger partial charge in [-0.1, -0.05) is 0 Å². The molecule has 1 aromatic heterocycles. The quantitative estimate of drug-likeness (QED) is 0.648. The van der Waals surface area contributed by atoms with Crippen LogP contribution in [-0.2, 0) is 17.8 Å². The minimum Gasteiger partial charge on any atom is -0.482 e. The summed E-state index contributed by atoms with van der Waals surface area (Å²) in [5.74, 6) is 0.0732. The van der Waals surface area contributed by atoms with Gasteiger partial charge in [-0.25, -0.2) is 0 Å². The zero-order valence-electron chi connectivity index (χ0n) is 12.6. The fourth-order valence-electron chi connectivity index (χ4n) is 2.76. The molecule has 126 valence electrons. The van der Waals surface area contributed by atoms with E-state index in [0.29, 0.717) is 29.4 Å². The Labute approximate surface area is 143 Å². The predicted octanol–water partition coefficient (Wildman–Crippen LogP) is 1.06. The highest BCUT2D eigenvalue weighted by molar-refractivity contribution is 6.04. The summed E-state index contributed by atoms with van der Waals surface area (Å²) in [6, 6.07) is 5.09. The van der Waals surface area contributed by atoms with Gasteiger partial charge in [-0.3, -0.25) is 14.7 Å². The first-order valence-corrected chi connectivity index (χ1v) is 7.35. The van der Waals surface area contributed by atoms with Crippen molar-refractivity contribution < 1.29 is 14.3 Å². The molecule has 0 aliphatic carbocycles. The molecule has 0 spiro atoms. The van der Waals surface area contributed by atoms with Crippen molar-refractivity contribution in [3.8, 4) is 5.75 Å². The number of rotatable bonds is 2. The predicted molar refractivity (Wildman–Crippen MR) is 89.8 cm³/mol. The van der Waals surface area contributed by atoms with Crippen LogP contribution < -0.4 is 20.7 Å². The summed E-state index contributed by atoms with van der Waals surface area (Å²) in [7, 11) is 0. The lowest BCUT2D eigenvalue weighted by Crippen LogP contribution is -2.26. The van der Waals surface area contributed by atoms with E-state index in [2.05, 4.69) is 26.1 Å². The Balaban J connectivity index is 0.00000169. The Morgan fingerprint density at radius 3 is 3.08 bits per heavy atom. The van der Waals surface area contributed by atoms with Gasteiger partial charge < -0.3 is 20.7 Å². The molecule has 4 rings (SSSR count). The fraction of sp³-hybridized carbons (Fsp3) is 0.267. The number of halogens is 1. The van der Waals surface area contributed by atoms with Gasteiger partial charge in [-0.2, -0.15) is 5.10 Å². The van der Waals surface area contributed by atoms with E-state index in [1.54, 1.807) is 18.2 Å². The van der Waals surface area contributed by atoms with Crippen molar-refractivity contribution in [3.05, 3.63) is 35.2 Å². The summed E-state index contributed by atoms with van der Waals surface area (Å²) >= 11 is 0. The van der Waals surface area contributed by atoms with Gasteiger partial charge in [-0.05, 0) is 12.1 Å². The summed E-state index contributed by atoms with van der Waals surface area (Å²) in [4.78, 5) is 23.7. The maximum atomic E-state index is 12.4. The van der Waals surface area contributed by atoms with Crippen LogP contribution in [0.2, 0.25) is 0 Å². The third kappa shape index (κ3) is 2.93. The number of benzene rings is 1. The summed E-state index contributed by atoms with van der Waals surface area (Å²) in [5, 5.41) is 15.8. The highest BCUT2D eigenvalue weighted by Gasteiger charge is 2.22.